The molecule has 1 aromatic heterocycles. The Labute approximate surface area is 110 Å². The summed E-state index contributed by atoms with van der Waals surface area (Å²) in [5, 5.41) is 9.06. The Morgan fingerprint density at radius 3 is 2.72 bits per heavy atom. The Hall–Kier alpha value is -0.890. The van der Waals surface area contributed by atoms with Crippen LogP contribution in [0.2, 0.25) is 5.02 Å². The molecule has 0 spiro atoms. The van der Waals surface area contributed by atoms with Gasteiger partial charge in [-0.2, -0.15) is 4.31 Å². The van der Waals surface area contributed by atoms with Crippen molar-refractivity contribution in [2.75, 3.05) is 18.9 Å². The number of hydrogen-bond donors (Lipinski definition) is 2. The third-order valence-electron chi connectivity index (χ3n) is 2.73. The van der Waals surface area contributed by atoms with Gasteiger partial charge in [-0.25, -0.2) is 13.4 Å². The van der Waals surface area contributed by atoms with Gasteiger partial charge in [0, 0.05) is 18.8 Å². The van der Waals surface area contributed by atoms with Crippen molar-refractivity contribution in [3.05, 3.63) is 17.3 Å². The second-order valence-electron chi connectivity index (χ2n) is 4.11. The fourth-order valence-corrected chi connectivity index (χ4v) is 3.55. The molecule has 1 saturated carbocycles. The molecule has 8 heteroatoms. The highest BCUT2D eigenvalue weighted by Gasteiger charge is 2.37. The van der Waals surface area contributed by atoms with Crippen molar-refractivity contribution >= 4 is 27.4 Å². The van der Waals surface area contributed by atoms with Gasteiger partial charge in [0.05, 0.1) is 11.6 Å². The number of nitrogens with two attached hydrogens (primary N) is 1. The molecular formula is C10H14ClN3O3S. The Kier molecular flexibility index (Phi) is 3.76. The number of nitrogen functional groups attached to an aromatic ring is 1. The van der Waals surface area contributed by atoms with E-state index in [1.165, 1.54) is 16.6 Å². The van der Waals surface area contributed by atoms with Crippen molar-refractivity contribution in [2.45, 2.75) is 23.8 Å². The van der Waals surface area contributed by atoms with Crippen molar-refractivity contribution in [1.29, 1.82) is 0 Å². The van der Waals surface area contributed by atoms with Crippen LogP contribution in [-0.2, 0) is 10.0 Å². The van der Waals surface area contributed by atoms with E-state index in [1.807, 2.05) is 0 Å². The lowest BCUT2D eigenvalue weighted by atomic mass is 10.5. The predicted octanol–water partition coefficient (Wildman–Crippen LogP) is 0.463. The second-order valence-corrected chi connectivity index (χ2v) is 6.41. The van der Waals surface area contributed by atoms with Gasteiger partial charge in [0.15, 0.2) is 0 Å². The van der Waals surface area contributed by atoms with E-state index in [1.54, 1.807) is 0 Å². The lowest BCUT2D eigenvalue weighted by Crippen LogP contribution is -2.35. The van der Waals surface area contributed by atoms with Gasteiger partial charge in [-0.3, -0.25) is 0 Å². The molecule has 0 radical (unpaired) electrons. The predicted molar refractivity (Wildman–Crippen MR) is 67.7 cm³/mol. The molecule has 0 aromatic carbocycles. The van der Waals surface area contributed by atoms with Crippen LogP contribution in [0.3, 0.4) is 0 Å². The second kappa shape index (κ2) is 5.00. The van der Waals surface area contributed by atoms with Crippen molar-refractivity contribution in [3.8, 4) is 0 Å². The van der Waals surface area contributed by atoms with E-state index in [4.69, 9.17) is 22.4 Å². The van der Waals surface area contributed by atoms with Crippen LogP contribution < -0.4 is 5.73 Å². The molecule has 0 amide bonds. The Morgan fingerprint density at radius 2 is 2.22 bits per heavy atom. The minimum atomic E-state index is -3.67. The van der Waals surface area contributed by atoms with Crippen LogP contribution in [0.1, 0.15) is 12.8 Å². The lowest BCUT2D eigenvalue weighted by molar-refractivity contribution is 0.250. The minimum absolute atomic E-state index is 0.00190. The van der Waals surface area contributed by atoms with Gasteiger partial charge in [-0.15, -0.1) is 0 Å². The van der Waals surface area contributed by atoms with Gasteiger partial charge in [0.1, 0.15) is 10.7 Å². The maximum atomic E-state index is 12.3. The molecule has 0 aliphatic heterocycles. The molecule has 2 rings (SSSR count). The summed E-state index contributed by atoms with van der Waals surface area (Å²) in [6.07, 6.45) is 2.81. The van der Waals surface area contributed by atoms with Gasteiger partial charge in [0.2, 0.25) is 10.0 Å². The van der Waals surface area contributed by atoms with Crippen LogP contribution in [-0.4, -0.2) is 42.0 Å². The van der Waals surface area contributed by atoms with Crippen molar-refractivity contribution in [1.82, 2.24) is 9.29 Å². The van der Waals surface area contributed by atoms with E-state index < -0.39 is 10.0 Å². The SMILES string of the molecule is Nc1ncc(S(=O)(=O)N(CCO)C2CC2)cc1Cl. The molecule has 0 saturated heterocycles. The summed E-state index contributed by atoms with van der Waals surface area (Å²) in [7, 11) is -3.67. The van der Waals surface area contributed by atoms with Gasteiger partial charge >= 0.3 is 0 Å². The summed E-state index contributed by atoms with van der Waals surface area (Å²) >= 11 is 5.78. The van der Waals surface area contributed by atoms with Crippen LogP contribution in [0.15, 0.2) is 17.2 Å². The quantitative estimate of drug-likeness (QED) is 0.822. The van der Waals surface area contributed by atoms with E-state index in [2.05, 4.69) is 4.98 Å². The summed E-state index contributed by atoms with van der Waals surface area (Å²) < 4.78 is 26.0. The first kappa shape index (κ1) is 13.5. The number of aromatic nitrogens is 1. The maximum absolute atomic E-state index is 12.3. The molecule has 100 valence electrons. The first-order chi connectivity index (χ1) is 8.46. The van der Waals surface area contributed by atoms with E-state index in [9.17, 15) is 8.42 Å². The topological polar surface area (TPSA) is 96.5 Å². The number of sulfonamides is 1. The average molecular weight is 292 g/mol. The Bertz CT molecular complexity index is 545. The van der Waals surface area contributed by atoms with Crippen molar-refractivity contribution < 1.29 is 13.5 Å². The minimum Gasteiger partial charge on any atom is -0.395 e. The largest absolute Gasteiger partial charge is 0.395 e. The number of pyridine rings is 1. The highest BCUT2D eigenvalue weighted by atomic mass is 35.5. The van der Waals surface area contributed by atoms with Crippen LogP contribution in [0.25, 0.3) is 0 Å². The summed E-state index contributed by atoms with van der Waals surface area (Å²) in [4.78, 5) is 3.75. The zero-order valence-corrected chi connectivity index (χ0v) is 11.2. The molecule has 1 fully saturated rings. The molecule has 0 bridgehead atoms. The van der Waals surface area contributed by atoms with E-state index in [0.29, 0.717) is 0 Å². The molecule has 0 atom stereocenters. The molecule has 18 heavy (non-hydrogen) atoms. The van der Waals surface area contributed by atoms with Crippen LogP contribution in [0.5, 0.6) is 0 Å². The van der Waals surface area contributed by atoms with Gasteiger partial charge in [-0.05, 0) is 18.9 Å². The third kappa shape index (κ3) is 2.59. The number of hydrogen-bond acceptors (Lipinski definition) is 5. The zero-order chi connectivity index (χ0) is 13.3. The molecule has 1 aromatic rings. The zero-order valence-electron chi connectivity index (χ0n) is 9.58. The number of anilines is 1. The molecule has 3 N–H and O–H groups in total. The van der Waals surface area contributed by atoms with Gasteiger partial charge in [-0.1, -0.05) is 11.6 Å². The van der Waals surface area contributed by atoms with Gasteiger partial charge < -0.3 is 10.8 Å². The summed E-state index contributed by atoms with van der Waals surface area (Å²) in [5.74, 6) is 0.0933. The first-order valence-corrected chi connectivity index (χ1v) is 7.32. The smallest absolute Gasteiger partial charge is 0.244 e. The number of aliphatic hydroxyl groups excluding tert-OH is 1. The van der Waals surface area contributed by atoms with Crippen LogP contribution >= 0.6 is 11.6 Å². The lowest BCUT2D eigenvalue weighted by Gasteiger charge is -2.20. The van der Waals surface area contributed by atoms with Crippen molar-refractivity contribution in [3.63, 3.8) is 0 Å². The van der Waals surface area contributed by atoms with Crippen LogP contribution in [0.4, 0.5) is 5.82 Å². The highest BCUT2D eigenvalue weighted by molar-refractivity contribution is 7.89. The van der Waals surface area contributed by atoms with E-state index in [0.717, 1.165) is 12.8 Å². The highest BCUT2D eigenvalue weighted by Crippen LogP contribution is 2.32. The number of aliphatic hydroxyl groups is 1. The monoisotopic (exact) mass is 291 g/mol. The fraction of sp³-hybridized carbons (Fsp3) is 0.500. The maximum Gasteiger partial charge on any atom is 0.244 e. The molecular weight excluding hydrogens is 278 g/mol. The normalized spacial score (nSPS) is 16.2. The summed E-state index contributed by atoms with van der Waals surface area (Å²) in [6, 6.07) is 1.25. The molecule has 0 unspecified atom stereocenters. The first-order valence-electron chi connectivity index (χ1n) is 5.50. The van der Waals surface area contributed by atoms with Crippen molar-refractivity contribution in [2.24, 2.45) is 0 Å². The summed E-state index contributed by atoms with van der Waals surface area (Å²) in [5.41, 5.74) is 5.45. The number of nitrogens with zero attached hydrogens (tertiary/aromatic N) is 2. The van der Waals surface area contributed by atoms with E-state index in [-0.39, 0.29) is 34.9 Å². The average Bonchev–Trinajstić information content (AvgIpc) is 3.13. The van der Waals surface area contributed by atoms with E-state index >= 15 is 0 Å². The number of halogens is 1. The molecule has 1 heterocycles. The fourth-order valence-electron chi connectivity index (χ4n) is 1.67. The molecule has 1 aliphatic rings. The Balaban J connectivity index is 2.36. The van der Waals surface area contributed by atoms with Gasteiger partial charge in [0.25, 0.3) is 0 Å². The summed E-state index contributed by atoms with van der Waals surface area (Å²) in [6.45, 7) is -0.138. The number of rotatable bonds is 5. The van der Waals surface area contributed by atoms with Crippen LogP contribution in [0, 0.1) is 0 Å². The Morgan fingerprint density at radius 1 is 1.56 bits per heavy atom. The third-order valence-corrected chi connectivity index (χ3v) is 4.95. The molecule has 6 nitrogen and oxygen atoms in total. The molecule has 1 aliphatic carbocycles. The standard InChI is InChI=1S/C10H14ClN3O3S/c11-9-5-8(6-13-10(9)12)18(16,17)14(3-4-15)7-1-2-7/h5-7,15H,1-4H2,(H2,12,13).